The van der Waals surface area contributed by atoms with Gasteiger partial charge in [-0.1, -0.05) is 54.5 Å². The van der Waals surface area contributed by atoms with Crippen molar-refractivity contribution in [3.63, 3.8) is 0 Å². The Hall–Kier alpha value is -2.10. The highest BCUT2D eigenvalue weighted by Gasteiger charge is 2.20. The van der Waals surface area contributed by atoms with Crippen molar-refractivity contribution < 1.29 is 9.47 Å². The summed E-state index contributed by atoms with van der Waals surface area (Å²) in [6, 6.07) is 17.4. The van der Waals surface area contributed by atoms with Gasteiger partial charge in [-0.05, 0) is 56.6 Å². The molecule has 3 nitrogen and oxygen atoms in total. The van der Waals surface area contributed by atoms with Crippen LogP contribution in [0.1, 0.15) is 36.0 Å². The summed E-state index contributed by atoms with van der Waals surface area (Å²) in [5.41, 5.74) is 4.81. The summed E-state index contributed by atoms with van der Waals surface area (Å²) in [6.45, 7) is 3.53. The van der Waals surface area contributed by atoms with Gasteiger partial charge >= 0.3 is 0 Å². The average molecular weight is 351 g/mol. The Morgan fingerprint density at radius 1 is 1.15 bits per heavy atom. The van der Waals surface area contributed by atoms with E-state index in [1.54, 1.807) is 7.11 Å². The molecule has 0 spiro atoms. The number of piperidine rings is 1. The predicted molar refractivity (Wildman–Crippen MR) is 107 cm³/mol. The molecule has 3 rings (SSSR count). The topological polar surface area (TPSA) is 21.7 Å². The van der Waals surface area contributed by atoms with Crippen LogP contribution in [-0.2, 0) is 4.74 Å². The molecule has 0 aliphatic carbocycles. The SMILES string of the molecule is COCOc1ccc(C)cc1C(=CC1CCCCN1C)c1ccccc1. The van der Waals surface area contributed by atoms with Crippen molar-refractivity contribution in [3.05, 3.63) is 71.3 Å². The molecule has 0 radical (unpaired) electrons. The van der Waals surface area contributed by atoms with Gasteiger partial charge in [0.2, 0.25) is 0 Å². The zero-order valence-corrected chi connectivity index (χ0v) is 16.1. The first-order valence-electron chi connectivity index (χ1n) is 9.39. The second-order valence-electron chi connectivity index (χ2n) is 7.04. The first kappa shape index (κ1) is 18.7. The summed E-state index contributed by atoms with van der Waals surface area (Å²) in [5.74, 6) is 0.867. The molecular formula is C23H29NO2. The Bertz CT molecular complexity index is 739. The molecule has 0 saturated carbocycles. The van der Waals surface area contributed by atoms with Gasteiger partial charge in [0.15, 0.2) is 6.79 Å². The van der Waals surface area contributed by atoms with Crippen LogP contribution in [0.5, 0.6) is 5.75 Å². The molecule has 1 aliphatic heterocycles. The van der Waals surface area contributed by atoms with Crippen LogP contribution in [-0.4, -0.2) is 38.4 Å². The maximum Gasteiger partial charge on any atom is 0.188 e. The number of benzene rings is 2. The summed E-state index contributed by atoms with van der Waals surface area (Å²) in [7, 11) is 3.88. The first-order valence-corrected chi connectivity index (χ1v) is 9.39. The van der Waals surface area contributed by atoms with Crippen LogP contribution in [0.3, 0.4) is 0 Å². The van der Waals surface area contributed by atoms with Crippen LogP contribution >= 0.6 is 0 Å². The zero-order valence-electron chi connectivity index (χ0n) is 16.1. The molecule has 2 aromatic rings. The molecule has 1 atom stereocenters. The lowest BCUT2D eigenvalue weighted by molar-refractivity contribution is 0.0509. The highest BCUT2D eigenvalue weighted by atomic mass is 16.7. The molecule has 0 bridgehead atoms. The molecule has 1 aliphatic rings. The molecule has 1 heterocycles. The Morgan fingerprint density at radius 3 is 2.69 bits per heavy atom. The van der Waals surface area contributed by atoms with Gasteiger partial charge in [0.05, 0.1) is 0 Å². The van der Waals surface area contributed by atoms with Gasteiger partial charge in [-0.25, -0.2) is 0 Å². The molecular weight excluding hydrogens is 322 g/mol. The summed E-state index contributed by atoms with van der Waals surface area (Å²) in [4.78, 5) is 2.46. The van der Waals surface area contributed by atoms with Gasteiger partial charge in [0.25, 0.3) is 0 Å². The van der Waals surface area contributed by atoms with Crippen LogP contribution < -0.4 is 4.74 Å². The number of likely N-dealkylation sites (tertiary alicyclic amines) is 1. The van der Waals surface area contributed by atoms with Crippen molar-refractivity contribution in [2.24, 2.45) is 0 Å². The first-order chi connectivity index (χ1) is 12.7. The van der Waals surface area contributed by atoms with Gasteiger partial charge in [-0.3, -0.25) is 4.90 Å². The normalized spacial score (nSPS) is 18.7. The van der Waals surface area contributed by atoms with Crippen LogP contribution in [0.4, 0.5) is 0 Å². The van der Waals surface area contributed by atoms with E-state index in [0.29, 0.717) is 6.04 Å². The number of likely N-dealkylation sites (N-methyl/N-ethyl adjacent to an activating group) is 1. The third kappa shape index (κ3) is 4.54. The van der Waals surface area contributed by atoms with Gasteiger partial charge in [0.1, 0.15) is 5.75 Å². The molecule has 0 aromatic heterocycles. The minimum absolute atomic E-state index is 0.251. The van der Waals surface area contributed by atoms with Gasteiger partial charge in [-0.15, -0.1) is 0 Å². The molecule has 2 aromatic carbocycles. The van der Waals surface area contributed by atoms with Crippen molar-refractivity contribution >= 4 is 5.57 Å². The molecule has 1 fully saturated rings. The summed E-state index contributed by atoms with van der Waals surface area (Å²) in [5, 5.41) is 0. The Morgan fingerprint density at radius 2 is 1.96 bits per heavy atom. The molecule has 26 heavy (non-hydrogen) atoms. The summed E-state index contributed by atoms with van der Waals surface area (Å²) in [6.07, 6.45) is 6.19. The smallest absolute Gasteiger partial charge is 0.188 e. The molecule has 1 saturated heterocycles. The Balaban J connectivity index is 2.08. The number of aryl methyl sites for hydroxylation is 1. The van der Waals surface area contributed by atoms with E-state index in [4.69, 9.17) is 9.47 Å². The Kier molecular flexibility index (Phi) is 6.48. The lowest BCUT2D eigenvalue weighted by atomic mass is 9.91. The van der Waals surface area contributed by atoms with Crippen molar-refractivity contribution in [3.8, 4) is 5.75 Å². The van der Waals surface area contributed by atoms with Crippen LogP contribution in [0.25, 0.3) is 5.57 Å². The van der Waals surface area contributed by atoms with E-state index >= 15 is 0 Å². The molecule has 138 valence electrons. The van der Waals surface area contributed by atoms with E-state index in [1.165, 1.54) is 36.0 Å². The van der Waals surface area contributed by atoms with Crippen LogP contribution in [0, 0.1) is 6.92 Å². The third-order valence-electron chi connectivity index (χ3n) is 5.03. The molecule has 0 N–H and O–H groups in total. The quantitative estimate of drug-likeness (QED) is 0.691. The third-order valence-corrected chi connectivity index (χ3v) is 5.03. The molecule has 1 unspecified atom stereocenters. The van der Waals surface area contributed by atoms with E-state index in [-0.39, 0.29) is 6.79 Å². The zero-order chi connectivity index (χ0) is 18.4. The fourth-order valence-electron chi connectivity index (χ4n) is 3.57. The lowest BCUT2D eigenvalue weighted by Gasteiger charge is -2.31. The second-order valence-corrected chi connectivity index (χ2v) is 7.04. The van der Waals surface area contributed by atoms with Crippen molar-refractivity contribution in [1.29, 1.82) is 0 Å². The predicted octanol–water partition coefficient (Wildman–Crippen LogP) is 4.89. The minimum Gasteiger partial charge on any atom is -0.467 e. The number of methoxy groups -OCH3 is 1. The minimum atomic E-state index is 0.251. The fraction of sp³-hybridized carbons (Fsp3) is 0.391. The van der Waals surface area contributed by atoms with Gasteiger partial charge < -0.3 is 9.47 Å². The average Bonchev–Trinajstić information content (AvgIpc) is 2.67. The van der Waals surface area contributed by atoms with E-state index < -0.39 is 0 Å². The fourth-order valence-corrected chi connectivity index (χ4v) is 3.57. The van der Waals surface area contributed by atoms with Crippen molar-refractivity contribution in [1.82, 2.24) is 4.90 Å². The number of hydrogen-bond donors (Lipinski definition) is 0. The van der Waals surface area contributed by atoms with E-state index in [2.05, 4.69) is 67.4 Å². The summed E-state index contributed by atoms with van der Waals surface area (Å²) < 4.78 is 11.0. The highest BCUT2D eigenvalue weighted by Crippen LogP contribution is 2.34. The number of nitrogens with zero attached hydrogens (tertiary/aromatic N) is 1. The highest BCUT2D eigenvalue weighted by molar-refractivity contribution is 5.83. The summed E-state index contributed by atoms with van der Waals surface area (Å²) >= 11 is 0. The van der Waals surface area contributed by atoms with E-state index in [9.17, 15) is 0 Å². The number of ether oxygens (including phenoxy) is 2. The monoisotopic (exact) mass is 351 g/mol. The number of rotatable bonds is 6. The standard InChI is InChI=1S/C23H29NO2/c1-18-12-13-23(26-17-25-3)22(15-18)21(19-9-5-4-6-10-19)16-20-11-7-8-14-24(20)2/h4-6,9-10,12-13,15-16,20H,7-8,11,14,17H2,1-3H3. The maximum absolute atomic E-state index is 5.88. The van der Waals surface area contributed by atoms with Crippen LogP contribution in [0.15, 0.2) is 54.6 Å². The van der Waals surface area contributed by atoms with Gasteiger partial charge in [-0.2, -0.15) is 0 Å². The molecule has 0 amide bonds. The van der Waals surface area contributed by atoms with Gasteiger partial charge in [0, 0.05) is 18.7 Å². The number of hydrogen-bond acceptors (Lipinski definition) is 3. The van der Waals surface area contributed by atoms with E-state index in [0.717, 1.165) is 17.9 Å². The molecule has 3 heteroatoms. The maximum atomic E-state index is 5.88. The second kappa shape index (κ2) is 9.02. The van der Waals surface area contributed by atoms with Crippen molar-refractivity contribution in [2.45, 2.75) is 32.2 Å². The lowest BCUT2D eigenvalue weighted by Crippen LogP contribution is -2.34. The van der Waals surface area contributed by atoms with E-state index in [1.807, 2.05) is 6.07 Å². The largest absolute Gasteiger partial charge is 0.467 e. The van der Waals surface area contributed by atoms with Crippen LogP contribution in [0.2, 0.25) is 0 Å². The van der Waals surface area contributed by atoms with Crippen molar-refractivity contribution in [2.75, 3.05) is 27.5 Å². The Labute approximate surface area is 157 Å².